The van der Waals surface area contributed by atoms with Crippen molar-refractivity contribution in [2.24, 2.45) is 0 Å². The van der Waals surface area contributed by atoms with Crippen LogP contribution < -0.4 is 10.1 Å². The molecule has 1 heterocycles. The van der Waals surface area contributed by atoms with Gasteiger partial charge in [0.2, 0.25) is 0 Å². The van der Waals surface area contributed by atoms with Gasteiger partial charge in [-0.2, -0.15) is 0 Å². The van der Waals surface area contributed by atoms with E-state index in [-0.39, 0.29) is 24.9 Å². The van der Waals surface area contributed by atoms with Crippen molar-refractivity contribution in [3.63, 3.8) is 0 Å². The van der Waals surface area contributed by atoms with Crippen LogP contribution >= 0.6 is 11.6 Å². The van der Waals surface area contributed by atoms with E-state index in [0.717, 1.165) is 0 Å². The first-order valence-corrected chi connectivity index (χ1v) is 9.98. The highest BCUT2D eigenvalue weighted by Gasteiger charge is 2.40. The van der Waals surface area contributed by atoms with Crippen molar-refractivity contribution in [3.8, 4) is 5.75 Å². The number of para-hydroxylation sites is 1. The fourth-order valence-corrected chi connectivity index (χ4v) is 3.65. The van der Waals surface area contributed by atoms with Crippen LogP contribution in [0.3, 0.4) is 0 Å². The number of hydrogen-bond donors (Lipinski definition) is 1. The van der Waals surface area contributed by atoms with E-state index in [9.17, 15) is 9.59 Å². The number of nitrogens with one attached hydrogen (secondary N) is 1. The Morgan fingerprint density at radius 3 is 2.27 bits per heavy atom. The molecule has 8 heteroatoms. The Balaban J connectivity index is 2.66. The van der Waals surface area contributed by atoms with Crippen LogP contribution in [0.15, 0.2) is 40.7 Å². The standard InChI is InChI=1S/C22H28ClNO6/c1-12(2)30-22(26)18-14(4)24-13(3)17(21(25)29-11-10-27-5)19(18)15-8-7-9-16(23)20(15)28-6/h7-9,12,19,24H,10-11H2,1-6H3. The van der Waals surface area contributed by atoms with E-state index in [1.165, 1.54) is 14.2 Å². The number of methoxy groups -OCH3 is 2. The third-order valence-corrected chi connectivity index (χ3v) is 4.87. The van der Waals surface area contributed by atoms with Crippen LogP contribution in [0, 0.1) is 0 Å². The van der Waals surface area contributed by atoms with Gasteiger partial charge in [-0.15, -0.1) is 0 Å². The number of hydrogen-bond acceptors (Lipinski definition) is 7. The molecule has 1 aliphatic heterocycles. The Hall–Kier alpha value is -2.51. The maximum Gasteiger partial charge on any atom is 0.337 e. The van der Waals surface area contributed by atoms with Crippen LogP contribution in [0.5, 0.6) is 5.75 Å². The second-order valence-electron chi connectivity index (χ2n) is 7.08. The lowest BCUT2D eigenvalue weighted by atomic mass is 9.80. The molecule has 0 spiro atoms. The SMILES string of the molecule is COCCOC(=O)C1=C(C)NC(C)=C(C(=O)OC(C)C)C1c1cccc(Cl)c1OC. The van der Waals surface area contributed by atoms with Gasteiger partial charge < -0.3 is 24.3 Å². The van der Waals surface area contributed by atoms with Gasteiger partial charge in [0.05, 0.1) is 41.9 Å². The van der Waals surface area contributed by atoms with Crippen LogP contribution in [0.4, 0.5) is 0 Å². The van der Waals surface area contributed by atoms with Gasteiger partial charge in [0.15, 0.2) is 0 Å². The molecule has 0 amide bonds. The van der Waals surface area contributed by atoms with E-state index in [2.05, 4.69) is 5.32 Å². The number of carbonyl (C=O) groups excluding carboxylic acids is 2. The molecule has 0 saturated carbocycles. The third kappa shape index (κ3) is 5.15. The summed E-state index contributed by atoms with van der Waals surface area (Å²) in [4.78, 5) is 26.1. The fraction of sp³-hybridized carbons (Fsp3) is 0.455. The van der Waals surface area contributed by atoms with Gasteiger partial charge in [-0.3, -0.25) is 0 Å². The fourth-order valence-electron chi connectivity index (χ4n) is 3.39. The first kappa shape index (κ1) is 23.8. The van der Waals surface area contributed by atoms with E-state index in [4.69, 9.17) is 30.5 Å². The maximum atomic E-state index is 13.0. The average molecular weight is 438 g/mol. The molecule has 0 fully saturated rings. The van der Waals surface area contributed by atoms with Crippen LogP contribution in [0.25, 0.3) is 0 Å². The summed E-state index contributed by atoms with van der Waals surface area (Å²) in [5.41, 5.74) is 2.31. The van der Waals surface area contributed by atoms with E-state index in [0.29, 0.717) is 33.3 Å². The predicted octanol–water partition coefficient (Wildman–Crippen LogP) is 3.72. The summed E-state index contributed by atoms with van der Waals surface area (Å²) in [5, 5.41) is 3.48. The molecule has 1 aromatic rings. The van der Waals surface area contributed by atoms with Gasteiger partial charge in [-0.1, -0.05) is 23.7 Å². The van der Waals surface area contributed by atoms with Gasteiger partial charge in [0, 0.05) is 24.1 Å². The Kier molecular flexibility index (Phi) is 8.32. The van der Waals surface area contributed by atoms with Gasteiger partial charge in [0.1, 0.15) is 12.4 Å². The highest BCUT2D eigenvalue weighted by atomic mass is 35.5. The monoisotopic (exact) mass is 437 g/mol. The minimum Gasteiger partial charge on any atom is -0.495 e. The summed E-state index contributed by atoms with van der Waals surface area (Å²) < 4.78 is 21.3. The van der Waals surface area contributed by atoms with Crippen molar-refractivity contribution in [3.05, 3.63) is 51.3 Å². The average Bonchev–Trinajstić information content (AvgIpc) is 2.66. The van der Waals surface area contributed by atoms with Crippen molar-refractivity contribution in [1.29, 1.82) is 0 Å². The normalized spacial score (nSPS) is 16.5. The molecule has 1 aliphatic rings. The van der Waals surface area contributed by atoms with E-state index >= 15 is 0 Å². The second kappa shape index (κ2) is 10.5. The van der Waals surface area contributed by atoms with Gasteiger partial charge in [0.25, 0.3) is 0 Å². The van der Waals surface area contributed by atoms with E-state index in [1.807, 2.05) is 0 Å². The maximum absolute atomic E-state index is 13.0. The molecule has 1 unspecified atom stereocenters. The lowest BCUT2D eigenvalue weighted by molar-refractivity contribution is -0.143. The third-order valence-electron chi connectivity index (χ3n) is 4.58. The van der Waals surface area contributed by atoms with E-state index < -0.39 is 17.9 Å². The minimum atomic E-state index is -0.777. The zero-order chi connectivity index (χ0) is 22.4. The van der Waals surface area contributed by atoms with Crippen LogP contribution in [-0.4, -0.2) is 45.5 Å². The first-order valence-electron chi connectivity index (χ1n) is 9.60. The molecule has 0 bridgehead atoms. The highest BCUT2D eigenvalue weighted by molar-refractivity contribution is 6.32. The summed E-state index contributed by atoms with van der Waals surface area (Å²) in [5.74, 6) is -1.49. The van der Waals surface area contributed by atoms with Crippen molar-refractivity contribution in [2.75, 3.05) is 27.4 Å². The molecule has 1 aromatic carbocycles. The predicted molar refractivity (Wildman–Crippen MR) is 113 cm³/mol. The van der Waals surface area contributed by atoms with E-state index in [1.54, 1.807) is 45.9 Å². The molecule has 30 heavy (non-hydrogen) atoms. The molecular formula is C22H28ClNO6. The summed E-state index contributed by atoms with van der Waals surface area (Å²) in [6.45, 7) is 7.39. The molecule has 1 atom stereocenters. The smallest absolute Gasteiger partial charge is 0.337 e. The van der Waals surface area contributed by atoms with Crippen molar-refractivity contribution >= 4 is 23.5 Å². The molecule has 7 nitrogen and oxygen atoms in total. The lowest BCUT2D eigenvalue weighted by Gasteiger charge is -2.31. The zero-order valence-corrected chi connectivity index (χ0v) is 18.9. The largest absolute Gasteiger partial charge is 0.495 e. The Bertz CT molecular complexity index is 874. The molecule has 0 aliphatic carbocycles. The molecule has 1 N–H and O–H groups in total. The summed E-state index contributed by atoms with van der Waals surface area (Å²) in [7, 11) is 3.01. The topological polar surface area (TPSA) is 83.1 Å². The molecule has 0 aromatic heterocycles. The van der Waals surface area contributed by atoms with Crippen LogP contribution in [-0.2, 0) is 23.8 Å². The Morgan fingerprint density at radius 2 is 1.70 bits per heavy atom. The van der Waals surface area contributed by atoms with Gasteiger partial charge >= 0.3 is 11.9 Å². The number of halogens is 1. The van der Waals surface area contributed by atoms with Crippen molar-refractivity contribution in [1.82, 2.24) is 5.32 Å². The molecule has 0 radical (unpaired) electrons. The quantitative estimate of drug-likeness (QED) is 0.490. The molecule has 0 saturated heterocycles. The Morgan fingerprint density at radius 1 is 1.07 bits per heavy atom. The number of carbonyl (C=O) groups is 2. The molecule has 2 rings (SSSR count). The number of allylic oxidation sites excluding steroid dienone is 2. The number of dihydropyridines is 1. The highest BCUT2D eigenvalue weighted by Crippen LogP contribution is 2.44. The van der Waals surface area contributed by atoms with Gasteiger partial charge in [-0.05, 0) is 33.8 Å². The summed E-state index contributed by atoms with van der Waals surface area (Å²) >= 11 is 6.34. The number of ether oxygens (including phenoxy) is 4. The first-order chi connectivity index (χ1) is 14.2. The molecular weight excluding hydrogens is 410 g/mol. The summed E-state index contributed by atoms with van der Waals surface area (Å²) in [6.07, 6.45) is -0.330. The number of rotatable bonds is 8. The van der Waals surface area contributed by atoms with Crippen LogP contribution in [0.2, 0.25) is 5.02 Å². The van der Waals surface area contributed by atoms with Gasteiger partial charge in [-0.25, -0.2) is 9.59 Å². The van der Waals surface area contributed by atoms with Crippen molar-refractivity contribution in [2.45, 2.75) is 39.7 Å². The minimum absolute atomic E-state index is 0.0833. The molecule has 164 valence electrons. The van der Waals surface area contributed by atoms with Crippen molar-refractivity contribution < 1.29 is 28.5 Å². The number of esters is 2. The Labute approximate surface area is 182 Å². The number of benzene rings is 1. The second-order valence-corrected chi connectivity index (χ2v) is 7.49. The zero-order valence-electron chi connectivity index (χ0n) is 18.1. The lowest BCUT2D eigenvalue weighted by Crippen LogP contribution is -2.33. The van der Waals surface area contributed by atoms with Crippen LogP contribution in [0.1, 0.15) is 39.2 Å². The summed E-state index contributed by atoms with van der Waals surface area (Å²) in [6, 6.07) is 5.19.